The van der Waals surface area contributed by atoms with Crippen LogP contribution in [0.25, 0.3) is 44.8 Å². The molecule has 2 N–H and O–H groups in total. The van der Waals surface area contributed by atoms with Gasteiger partial charge in [0.1, 0.15) is 23.1 Å². The summed E-state index contributed by atoms with van der Waals surface area (Å²) in [5.74, 6) is 3.30. The van der Waals surface area contributed by atoms with E-state index in [1.165, 1.54) is 0 Å². The first kappa shape index (κ1) is 21.0. The van der Waals surface area contributed by atoms with E-state index in [0.717, 1.165) is 62.8 Å². The van der Waals surface area contributed by atoms with Crippen molar-refractivity contribution in [3.63, 3.8) is 0 Å². The highest BCUT2D eigenvalue weighted by molar-refractivity contribution is 5.80. The van der Waals surface area contributed by atoms with Crippen LogP contribution in [0.4, 0.5) is 0 Å². The Balaban J connectivity index is 1.04. The summed E-state index contributed by atoms with van der Waals surface area (Å²) in [6.45, 7) is 1.12. The molecule has 0 fully saturated rings. The van der Waals surface area contributed by atoms with Gasteiger partial charge in [-0.15, -0.1) is 0 Å². The summed E-state index contributed by atoms with van der Waals surface area (Å²) in [6.07, 6.45) is 0.768. The number of aromatic amines is 2. The van der Waals surface area contributed by atoms with Crippen molar-refractivity contribution in [3.8, 4) is 34.3 Å². The maximum absolute atomic E-state index is 5.97. The number of nitrogens with one attached hydrogen (secondary N) is 2. The number of hydrogen-bond donors (Lipinski definition) is 2. The van der Waals surface area contributed by atoms with Gasteiger partial charge in [-0.2, -0.15) is 0 Å². The summed E-state index contributed by atoms with van der Waals surface area (Å²) in [4.78, 5) is 16.1. The maximum atomic E-state index is 5.97. The second-order valence-electron chi connectivity index (χ2n) is 8.31. The summed E-state index contributed by atoms with van der Waals surface area (Å²) < 4.78 is 11.9. The van der Waals surface area contributed by atoms with Gasteiger partial charge in [-0.3, -0.25) is 0 Å². The predicted molar refractivity (Wildman–Crippen MR) is 139 cm³/mol. The third kappa shape index (κ3) is 4.59. The molecule has 0 atom stereocenters. The van der Waals surface area contributed by atoms with Crippen LogP contribution in [0, 0.1) is 0 Å². The Morgan fingerprint density at radius 2 is 1.03 bits per heavy atom. The molecular formula is C29H24N4O2. The van der Waals surface area contributed by atoms with Crippen LogP contribution < -0.4 is 9.47 Å². The van der Waals surface area contributed by atoms with Crippen molar-refractivity contribution in [3.05, 3.63) is 97.1 Å². The van der Waals surface area contributed by atoms with E-state index in [1.807, 2.05) is 97.1 Å². The molecule has 6 heteroatoms. The van der Waals surface area contributed by atoms with E-state index in [-0.39, 0.29) is 0 Å². The molecule has 0 saturated heterocycles. The molecule has 6 nitrogen and oxygen atoms in total. The Kier molecular flexibility index (Phi) is 5.60. The predicted octanol–water partition coefficient (Wildman–Crippen LogP) is 6.62. The van der Waals surface area contributed by atoms with Crippen molar-refractivity contribution < 1.29 is 9.47 Å². The number of rotatable bonds is 8. The van der Waals surface area contributed by atoms with Gasteiger partial charge in [0.25, 0.3) is 0 Å². The molecule has 0 amide bonds. The van der Waals surface area contributed by atoms with Crippen molar-refractivity contribution in [2.24, 2.45) is 0 Å². The Morgan fingerprint density at radius 3 is 1.51 bits per heavy atom. The average Bonchev–Trinajstić information content (AvgIpc) is 3.53. The van der Waals surface area contributed by atoms with Crippen molar-refractivity contribution >= 4 is 22.1 Å². The Morgan fingerprint density at radius 1 is 0.543 bits per heavy atom. The van der Waals surface area contributed by atoms with Crippen molar-refractivity contribution in [2.45, 2.75) is 6.42 Å². The fraction of sp³-hybridized carbons (Fsp3) is 0.103. The van der Waals surface area contributed by atoms with Crippen LogP contribution in [-0.4, -0.2) is 33.1 Å². The topological polar surface area (TPSA) is 75.8 Å². The lowest BCUT2D eigenvalue weighted by atomic mass is 10.2. The van der Waals surface area contributed by atoms with Crippen LogP contribution in [0.5, 0.6) is 11.5 Å². The minimum Gasteiger partial charge on any atom is -0.493 e. The van der Waals surface area contributed by atoms with Crippen LogP contribution in [0.3, 0.4) is 0 Å². The first-order valence-electron chi connectivity index (χ1n) is 11.7. The summed E-state index contributed by atoms with van der Waals surface area (Å²) in [5, 5.41) is 0. The molecule has 2 heterocycles. The van der Waals surface area contributed by atoms with E-state index in [9.17, 15) is 0 Å². The number of nitrogens with zero attached hydrogens (tertiary/aromatic N) is 2. The van der Waals surface area contributed by atoms with Crippen LogP contribution in [-0.2, 0) is 0 Å². The second-order valence-corrected chi connectivity index (χ2v) is 8.31. The molecular weight excluding hydrogens is 436 g/mol. The number of benzene rings is 4. The summed E-state index contributed by atoms with van der Waals surface area (Å²) >= 11 is 0. The molecule has 35 heavy (non-hydrogen) atoms. The van der Waals surface area contributed by atoms with Gasteiger partial charge in [-0.1, -0.05) is 48.5 Å². The SMILES string of the molecule is c1cc(OCCCOc2cccc(-c3nc4ccccc4[nH]3)c2)cc(-c2nc3ccccc3[nH]2)c1. The molecule has 4 aromatic carbocycles. The second kappa shape index (κ2) is 9.35. The van der Waals surface area contributed by atoms with Crippen LogP contribution in [0.1, 0.15) is 6.42 Å². The standard InChI is InChI=1S/C29H24N4O2/c1-2-13-25-24(12-1)30-28(31-25)20-8-5-10-22(18-20)34-16-7-17-35-23-11-6-9-21(19-23)29-32-26-14-3-4-15-27(26)33-29/h1-6,8-15,18-19H,7,16-17H2,(H,30,31)(H,32,33). The van der Waals surface area contributed by atoms with Gasteiger partial charge < -0.3 is 19.4 Å². The first-order chi connectivity index (χ1) is 17.3. The minimum atomic E-state index is 0.562. The molecule has 0 unspecified atom stereocenters. The third-order valence-corrected chi connectivity index (χ3v) is 5.82. The first-order valence-corrected chi connectivity index (χ1v) is 11.7. The van der Waals surface area contributed by atoms with E-state index in [1.54, 1.807) is 0 Å². The number of hydrogen-bond acceptors (Lipinski definition) is 4. The highest BCUT2D eigenvalue weighted by atomic mass is 16.5. The molecule has 0 radical (unpaired) electrons. The van der Waals surface area contributed by atoms with Crippen molar-refractivity contribution in [2.75, 3.05) is 13.2 Å². The smallest absolute Gasteiger partial charge is 0.138 e. The van der Waals surface area contributed by atoms with Gasteiger partial charge in [0.05, 0.1) is 35.3 Å². The molecule has 2 aromatic heterocycles. The zero-order chi connectivity index (χ0) is 23.5. The van der Waals surface area contributed by atoms with Crippen molar-refractivity contribution in [1.29, 1.82) is 0 Å². The van der Waals surface area contributed by atoms with Gasteiger partial charge in [-0.25, -0.2) is 9.97 Å². The van der Waals surface area contributed by atoms with Gasteiger partial charge in [-0.05, 0) is 48.5 Å². The Bertz CT molecular complexity index is 1420. The molecule has 0 aliphatic heterocycles. The lowest BCUT2D eigenvalue weighted by molar-refractivity contribution is 0.247. The normalized spacial score (nSPS) is 11.2. The number of ether oxygens (including phenoxy) is 2. The average molecular weight is 461 g/mol. The fourth-order valence-corrected chi connectivity index (χ4v) is 4.08. The lowest BCUT2D eigenvalue weighted by Crippen LogP contribution is -2.05. The monoisotopic (exact) mass is 460 g/mol. The van der Waals surface area contributed by atoms with Crippen LogP contribution in [0.2, 0.25) is 0 Å². The number of aromatic nitrogens is 4. The van der Waals surface area contributed by atoms with E-state index < -0.39 is 0 Å². The van der Waals surface area contributed by atoms with Gasteiger partial charge in [0.2, 0.25) is 0 Å². The minimum absolute atomic E-state index is 0.562. The molecule has 0 aliphatic carbocycles. The molecule has 6 aromatic rings. The lowest BCUT2D eigenvalue weighted by Gasteiger charge is -2.09. The van der Waals surface area contributed by atoms with E-state index in [4.69, 9.17) is 9.47 Å². The van der Waals surface area contributed by atoms with E-state index in [2.05, 4.69) is 19.9 Å². The molecule has 172 valence electrons. The number of H-pyrrole nitrogens is 2. The zero-order valence-corrected chi connectivity index (χ0v) is 19.1. The molecule has 6 rings (SSSR count). The number of fused-ring (bicyclic) bond motifs is 2. The van der Waals surface area contributed by atoms with E-state index >= 15 is 0 Å². The van der Waals surface area contributed by atoms with Crippen LogP contribution >= 0.6 is 0 Å². The molecule has 0 saturated carbocycles. The molecule has 0 spiro atoms. The fourth-order valence-electron chi connectivity index (χ4n) is 4.08. The Labute approximate surface area is 202 Å². The number of imidazole rings is 2. The van der Waals surface area contributed by atoms with Crippen LogP contribution in [0.15, 0.2) is 97.1 Å². The summed E-state index contributed by atoms with van der Waals surface area (Å²) in [7, 11) is 0. The number of para-hydroxylation sites is 4. The summed E-state index contributed by atoms with van der Waals surface area (Å²) in [6, 6.07) is 32.0. The zero-order valence-electron chi connectivity index (χ0n) is 19.1. The van der Waals surface area contributed by atoms with Gasteiger partial charge in [0, 0.05) is 17.5 Å². The Hall–Kier alpha value is -4.58. The van der Waals surface area contributed by atoms with Gasteiger partial charge in [0.15, 0.2) is 0 Å². The highest BCUT2D eigenvalue weighted by Gasteiger charge is 2.07. The third-order valence-electron chi connectivity index (χ3n) is 5.82. The summed E-state index contributed by atoms with van der Waals surface area (Å²) in [5.41, 5.74) is 5.95. The van der Waals surface area contributed by atoms with Crippen molar-refractivity contribution in [1.82, 2.24) is 19.9 Å². The highest BCUT2D eigenvalue weighted by Crippen LogP contribution is 2.25. The quantitative estimate of drug-likeness (QED) is 0.250. The molecule has 0 bridgehead atoms. The van der Waals surface area contributed by atoms with Gasteiger partial charge >= 0.3 is 0 Å². The molecule has 0 aliphatic rings. The van der Waals surface area contributed by atoms with E-state index in [0.29, 0.717) is 13.2 Å². The largest absolute Gasteiger partial charge is 0.493 e. The maximum Gasteiger partial charge on any atom is 0.138 e.